The molecule has 0 saturated heterocycles. The second-order valence-corrected chi connectivity index (χ2v) is 4.56. The smallest absolute Gasteiger partial charge is 0.223 e. The average molecular weight is 268 g/mol. The largest absolute Gasteiger partial charge is 0.433 e. The van der Waals surface area contributed by atoms with Crippen LogP contribution in [0.1, 0.15) is 5.56 Å². The summed E-state index contributed by atoms with van der Waals surface area (Å²) < 4.78 is 19.3. The van der Waals surface area contributed by atoms with Crippen molar-refractivity contribution < 1.29 is 9.13 Å². The van der Waals surface area contributed by atoms with Crippen LogP contribution in [-0.4, -0.2) is 4.98 Å². The SMILES string of the molecule is Cc1cc2ccccc2nc1Oc1c(N)cccc1F. The zero-order chi connectivity index (χ0) is 14.1. The van der Waals surface area contributed by atoms with E-state index in [1.807, 2.05) is 37.3 Å². The van der Waals surface area contributed by atoms with Gasteiger partial charge in [0.2, 0.25) is 5.88 Å². The number of nitrogens with two attached hydrogens (primary N) is 1. The minimum atomic E-state index is -0.501. The molecule has 0 unspecified atom stereocenters. The van der Waals surface area contributed by atoms with Gasteiger partial charge in [0.1, 0.15) is 0 Å². The zero-order valence-electron chi connectivity index (χ0n) is 10.9. The third kappa shape index (κ3) is 2.16. The number of nitrogen functional groups attached to an aromatic ring is 1. The Balaban J connectivity index is 2.09. The molecular formula is C16H13FN2O. The monoisotopic (exact) mass is 268 g/mol. The van der Waals surface area contributed by atoms with E-state index in [1.165, 1.54) is 12.1 Å². The van der Waals surface area contributed by atoms with Gasteiger partial charge >= 0.3 is 0 Å². The Morgan fingerprint density at radius 1 is 1.10 bits per heavy atom. The summed E-state index contributed by atoms with van der Waals surface area (Å²) in [4.78, 5) is 4.41. The molecule has 0 aliphatic heterocycles. The van der Waals surface area contributed by atoms with Crippen LogP contribution in [0.4, 0.5) is 10.1 Å². The van der Waals surface area contributed by atoms with Gasteiger partial charge in [0, 0.05) is 10.9 Å². The van der Waals surface area contributed by atoms with E-state index in [0.29, 0.717) is 5.88 Å². The standard InChI is InChI=1S/C16H13FN2O/c1-10-9-11-5-2-3-8-14(11)19-16(10)20-15-12(17)6-4-7-13(15)18/h2-9H,18H2,1H3. The van der Waals surface area contributed by atoms with Crippen LogP contribution in [0.5, 0.6) is 11.6 Å². The van der Waals surface area contributed by atoms with Crippen LogP contribution in [0, 0.1) is 12.7 Å². The fourth-order valence-corrected chi connectivity index (χ4v) is 2.04. The van der Waals surface area contributed by atoms with Gasteiger partial charge in [-0.1, -0.05) is 24.3 Å². The second-order valence-electron chi connectivity index (χ2n) is 4.56. The van der Waals surface area contributed by atoms with E-state index < -0.39 is 5.82 Å². The van der Waals surface area contributed by atoms with Crippen LogP contribution in [0.3, 0.4) is 0 Å². The molecule has 0 aliphatic carbocycles. The van der Waals surface area contributed by atoms with Crippen molar-refractivity contribution in [2.45, 2.75) is 6.92 Å². The third-order valence-corrected chi connectivity index (χ3v) is 3.06. The lowest BCUT2D eigenvalue weighted by Crippen LogP contribution is -1.98. The number of hydrogen-bond donors (Lipinski definition) is 1. The number of ether oxygens (including phenoxy) is 1. The maximum atomic E-state index is 13.7. The summed E-state index contributed by atoms with van der Waals surface area (Å²) in [6.45, 7) is 1.87. The maximum absolute atomic E-state index is 13.7. The predicted molar refractivity (Wildman–Crippen MR) is 77.4 cm³/mol. The van der Waals surface area contributed by atoms with E-state index in [2.05, 4.69) is 4.98 Å². The molecule has 3 nitrogen and oxygen atoms in total. The number of aromatic nitrogens is 1. The molecule has 2 N–H and O–H groups in total. The van der Waals surface area contributed by atoms with E-state index >= 15 is 0 Å². The van der Waals surface area contributed by atoms with Crippen molar-refractivity contribution in [3.63, 3.8) is 0 Å². The summed E-state index contributed by atoms with van der Waals surface area (Å²) >= 11 is 0. The number of anilines is 1. The van der Waals surface area contributed by atoms with Gasteiger partial charge in [-0.3, -0.25) is 0 Å². The van der Waals surface area contributed by atoms with Crippen molar-refractivity contribution >= 4 is 16.6 Å². The van der Waals surface area contributed by atoms with Crippen LogP contribution >= 0.6 is 0 Å². The third-order valence-electron chi connectivity index (χ3n) is 3.06. The first kappa shape index (κ1) is 12.4. The van der Waals surface area contributed by atoms with Crippen LogP contribution in [0.25, 0.3) is 10.9 Å². The van der Waals surface area contributed by atoms with E-state index in [4.69, 9.17) is 10.5 Å². The molecule has 1 aromatic heterocycles. The number of rotatable bonds is 2. The fraction of sp³-hybridized carbons (Fsp3) is 0.0625. The number of pyridine rings is 1. The quantitative estimate of drug-likeness (QED) is 0.713. The number of halogens is 1. The molecule has 0 atom stereocenters. The Hall–Kier alpha value is -2.62. The van der Waals surface area contributed by atoms with Crippen molar-refractivity contribution in [1.82, 2.24) is 4.98 Å². The van der Waals surface area contributed by atoms with Gasteiger partial charge in [-0.2, -0.15) is 0 Å². The minimum absolute atomic E-state index is 0.0124. The molecule has 100 valence electrons. The lowest BCUT2D eigenvalue weighted by molar-refractivity contribution is 0.428. The summed E-state index contributed by atoms with van der Waals surface area (Å²) in [5.74, 6) is -0.127. The van der Waals surface area contributed by atoms with Crippen molar-refractivity contribution in [2.24, 2.45) is 0 Å². The number of aryl methyl sites for hydroxylation is 1. The Bertz CT molecular complexity index is 766. The van der Waals surface area contributed by atoms with Crippen molar-refractivity contribution in [3.8, 4) is 11.6 Å². The highest BCUT2D eigenvalue weighted by atomic mass is 19.1. The Labute approximate surface area is 115 Å². The van der Waals surface area contributed by atoms with Gasteiger partial charge in [-0.05, 0) is 31.2 Å². The van der Waals surface area contributed by atoms with Gasteiger partial charge in [-0.15, -0.1) is 0 Å². The molecule has 2 aromatic carbocycles. The molecule has 20 heavy (non-hydrogen) atoms. The van der Waals surface area contributed by atoms with Gasteiger partial charge in [0.25, 0.3) is 0 Å². The second kappa shape index (κ2) is 4.81. The van der Waals surface area contributed by atoms with E-state index in [9.17, 15) is 4.39 Å². The lowest BCUT2D eigenvalue weighted by atomic mass is 10.2. The van der Waals surface area contributed by atoms with Crippen LogP contribution in [0.15, 0.2) is 48.5 Å². The van der Waals surface area contributed by atoms with Gasteiger partial charge in [0.05, 0.1) is 11.2 Å². The van der Waals surface area contributed by atoms with Gasteiger partial charge < -0.3 is 10.5 Å². The molecule has 3 aromatic rings. The highest BCUT2D eigenvalue weighted by molar-refractivity contribution is 5.80. The first-order valence-corrected chi connectivity index (χ1v) is 6.23. The molecule has 0 bridgehead atoms. The highest BCUT2D eigenvalue weighted by Gasteiger charge is 2.12. The van der Waals surface area contributed by atoms with Gasteiger partial charge in [0.15, 0.2) is 11.6 Å². The first-order valence-electron chi connectivity index (χ1n) is 6.23. The zero-order valence-corrected chi connectivity index (χ0v) is 10.9. The molecule has 0 radical (unpaired) electrons. The van der Waals surface area contributed by atoms with Crippen LogP contribution < -0.4 is 10.5 Å². The van der Waals surface area contributed by atoms with E-state index in [-0.39, 0.29) is 11.4 Å². The lowest BCUT2D eigenvalue weighted by Gasteiger charge is -2.11. The molecule has 1 heterocycles. The highest BCUT2D eigenvalue weighted by Crippen LogP contribution is 2.32. The predicted octanol–water partition coefficient (Wildman–Crippen LogP) is 4.06. The minimum Gasteiger partial charge on any atom is -0.433 e. The van der Waals surface area contributed by atoms with Crippen molar-refractivity contribution in [2.75, 3.05) is 5.73 Å². The summed E-state index contributed by atoms with van der Waals surface area (Å²) in [6, 6.07) is 14.1. The van der Waals surface area contributed by atoms with Crippen LogP contribution in [0.2, 0.25) is 0 Å². The normalized spacial score (nSPS) is 10.7. The first-order chi connectivity index (χ1) is 9.65. The number of fused-ring (bicyclic) bond motifs is 1. The Morgan fingerprint density at radius 2 is 1.90 bits per heavy atom. The molecule has 0 amide bonds. The molecule has 4 heteroatoms. The Kier molecular flexibility index (Phi) is 2.99. The average Bonchev–Trinajstić information content (AvgIpc) is 2.43. The summed E-state index contributed by atoms with van der Waals surface area (Å²) in [5, 5.41) is 1.01. The fourth-order valence-electron chi connectivity index (χ4n) is 2.04. The van der Waals surface area contributed by atoms with Gasteiger partial charge in [-0.25, -0.2) is 9.37 Å². The number of hydrogen-bond acceptors (Lipinski definition) is 3. The molecule has 3 rings (SSSR count). The summed E-state index contributed by atoms with van der Waals surface area (Å²) in [6.07, 6.45) is 0. The number of nitrogens with zero attached hydrogens (tertiary/aromatic N) is 1. The molecule has 0 saturated carbocycles. The number of benzene rings is 2. The molecular weight excluding hydrogens is 255 g/mol. The van der Waals surface area contributed by atoms with Crippen LogP contribution in [-0.2, 0) is 0 Å². The van der Waals surface area contributed by atoms with E-state index in [1.54, 1.807) is 6.07 Å². The number of para-hydroxylation sites is 2. The topological polar surface area (TPSA) is 48.1 Å². The summed E-state index contributed by atoms with van der Waals surface area (Å²) in [5.41, 5.74) is 7.61. The Morgan fingerprint density at radius 3 is 2.70 bits per heavy atom. The van der Waals surface area contributed by atoms with Crippen molar-refractivity contribution in [3.05, 3.63) is 59.9 Å². The molecule has 0 spiro atoms. The van der Waals surface area contributed by atoms with Crippen molar-refractivity contribution in [1.29, 1.82) is 0 Å². The molecule has 0 aliphatic rings. The summed E-state index contributed by atoms with van der Waals surface area (Å²) in [7, 11) is 0. The maximum Gasteiger partial charge on any atom is 0.223 e. The van der Waals surface area contributed by atoms with E-state index in [0.717, 1.165) is 16.5 Å². The molecule has 0 fully saturated rings.